The van der Waals surface area contributed by atoms with E-state index in [-0.39, 0.29) is 0 Å². The summed E-state index contributed by atoms with van der Waals surface area (Å²) >= 11 is 0. The van der Waals surface area contributed by atoms with E-state index in [1.54, 1.807) is 0 Å². The van der Waals surface area contributed by atoms with Crippen molar-refractivity contribution in [3.63, 3.8) is 0 Å². The van der Waals surface area contributed by atoms with Gasteiger partial charge in [0.2, 0.25) is 0 Å². The Balaban J connectivity index is 1.87. The first-order chi connectivity index (χ1) is 9.28. The highest BCUT2D eigenvalue weighted by molar-refractivity contribution is 5.50. The first kappa shape index (κ1) is 14.3. The number of aryl methyl sites for hydroxylation is 1. The van der Waals surface area contributed by atoms with Gasteiger partial charge in [0.1, 0.15) is 0 Å². The van der Waals surface area contributed by atoms with Crippen LogP contribution in [-0.2, 0) is 6.42 Å². The molecular weight excluding hydrogens is 230 g/mol. The van der Waals surface area contributed by atoms with Crippen molar-refractivity contribution in [2.24, 2.45) is 5.92 Å². The molecule has 2 unspecified atom stereocenters. The molecule has 2 rings (SSSR count). The number of hydrogen-bond acceptors (Lipinski definition) is 1. The van der Waals surface area contributed by atoms with Crippen molar-refractivity contribution in [3.8, 4) is 0 Å². The minimum atomic E-state index is 0.559. The molecule has 0 saturated carbocycles. The zero-order valence-corrected chi connectivity index (χ0v) is 12.4. The molecule has 0 aromatic heterocycles. The lowest BCUT2D eigenvalue weighted by molar-refractivity contribution is 0.357. The molecule has 0 amide bonds. The van der Waals surface area contributed by atoms with Crippen LogP contribution in [0.25, 0.3) is 6.08 Å². The summed E-state index contributed by atoms with van der Waals surface area (Å²) in [6, 6.07) is 9.59. The summed E-state index contributed by atoms with van der Waals surface area (Å²) in [5, 5.41) is 3.57. The maximum absolute atomic E-state index is 3.57. The van der Waals surface area contributed by atoms with E-state index in [0.717, 1.165) is 12.5 Å². The number of hydrogen-bond donors (Lipinski definition) is 1. The highest BCUT2D eigenvalue weighted by Crippen LogP contribution is 2.17. The molecule has 2 atom stereocenters. The molecule has 0 aliphatic carbocycles. The minimum Gasteiger partial charge on any atom is -0.310 e. The van der Waals surface area contributed by atoms with E-state index in [0.29, 0.717) is 6.04 Å². The summed E-state index contributed by atoms with van der Waals surface area (Å²) in [7, 11) is 0. The van der Waals surface area contributed by atoms with Gasteiger partial charge in [-0.3, -0.25) is 0 Å². The van der Waals surface area contributed by atoms with Gasteiger partial charge in [-0.15, -0.1) is 0 Å². The summed E-state index contributed by atoms with van der Waals surface area (Å²) in [5.41, 5.74) is 2.78. The fourth-order valence-electron chi connectivity index (χ4n) is 2.70. The van der Waals surface area contributed by atoms with Gasteiger partial charge in [-0.05, 0) is 49.3 Å². The number of nitrogens with one attached hydrogen (secondary N) is 1. The van der Waals surface area contributed by atoms with E-state index < -0.39 is 0 Å². The van der Waals surface area contributed by atoms with E-state index in [1.807, 2.05) is 0 Å². The normalized spacial score (nSPS) is 23.9. The van der Waals surface area contributed by atoms with Crippen molar-refractivity contribution in [2.45, 2.75) is 52.0 Å². The van der Waals surface area contributed by atoms with Gasteiger partial charge in [-0.25, -0.2) is 0 Å². The Kier molecular flexibility index (Phi) is 5.65. The van der Waals surface area contributed by atoms with Crippen LogP contribution in [0.2, 0.25) is 0 Å². The Bertz CT molecular complexity index is 391. The lowest BCUT2D eigenvalue weighted by Crippen LogP contribution is -2.35. The second-order valence-electron chi connectivity index (χ2n) is 5.89. The first-order valence-electron chi connectivity index (χ1n) is 7.78. The highest BCUT2D eigenvalue weighted by atomic mass is 14.9. The lowest BCUT2D eigenvalue weighted by Gasteiger charge is -2.25. The van der Waals surface area contributed by atoms with Crippen LogP contribution in [0.4, 0.5) is 0 Å². The van der Waals surface area contributed by atoms with E-state index in [2.05, 4.69) is 55.6 Å². The fraction of sp³-hybridized carbons (Fsp3) is 0.556. The van der Waals surface area contributed by atoms with E-state index >= 15 is 0 Å². The van der Waals surface area contributed by atoms with Crippen molar-refractivity contribution in [1.29, 1.82) is 0 Å². The predicted molar refractivity (Wildman–Crippen MR) is 84.3 cm³/mol. The Morgan fingerprint density at radius 2 is 2.05 bits per heavy atom. The fourth-order valence-corrected chi connectivity index (χ4v) is 2.70. The zero-order valence-electron chi connectivity index (χ0n) is 12.4. The summed E-state index contributed by atoms with van der Waals surface area (Å²) in [6.07, 6.45) is 11.0. The standard InChI is InChI=1S/C18H27N/c1-3-4-5-16-6-8-17(9-7-16)10-11-18-14-15(2)12-13-19-18/h6-11,15,18-19H,3-5,12-14H2,1-2H3/b11-10+. The minimum absolute atomic E-state index is 0.559. The Hall–Kier alpha value is -1.08. The average Bonchev–Trinajstić information content (AvgIpc) is 2.44. The summed E-state index contributed by atoms with van der Waals surface area (Å²) in [4.78, 5) is 0. The molecule has 1 fully saturated rings. The summed E-state index contributed by atoms with van der Waals surface area (Å²) in [5.74, 6) is 0.854. The smallest absolute Gasteiger partial charge is 0.0255 e. The van der Waals surface area contributed by atoms with Crippen LogP contribution in [0.15, 0.2) is 30.3 Å². The predicted octanol–water partition coefficient (Wildman–Crippen LogP) is 4.43. The molecule has 104 valence electrons. The van der Waals surface area contributed by atoms with Gasteiger partial charge in [-0.1, -0.05) is 56.7 Å². The molecule has 0 spiro atoms. The number of rotatable bonds is 5. The van der Waals surface area contributed by atoms with Crippen LogP contribution >= 0.6 is 0 Å². The van der Waals surface area contributed by atoms with Crippen molar-refractivity contribution in [2.75, 3.05) is 6.54 Å². The van der Waals surface area contributed by atoms with Gasteiger partial charge in [-0.2, -0.15) is 0 Å². The Labute approximate surface area is 118 Å². The molecule has 1 aliphatic heterocycles. The third kappa shape index (κ3) is 4.83. The van der Waals surface area contributed by atoms with Crippen molar-refractivity contribution < 1.29 is 0 Å². The quantitative estimate of drug-likeness (QED) is 0.823. The van der Waals surface area contributed by atoms with Gasteiger partial charge in [0.15, 0.2) is 0 Å². The van der Waals surface area contributed by atoms with Crippen LogP contribution < -0.4 is 5.32 Å². The summed E-state index contributed by atoms with van der Waals surface area (Å²) < 4.78 is 0. The van der Waals surface area contributed by atoms with Gasteiger partial charge in [0.05, 0.1) is 0 Å². The molecule has 1 aromatic rings. The van der Waals surface area contributed by atoms with Crippen LogP contribution in [0, 0.1) is 5.92 Å². The molecular formula is C18H27N. The van der Waals surface area contributed by atoms with Gasteiger partial charge in [0.25, 0.3) is 0 Å². The lowest BCUT2D eigenvalue weighted by atomic mass is 9.94. The molecule has 0 radical (unpaired) electrons. The molecule has 19 heavy (non-hydrogen) atoms. The van der Waals surface area contributed by atoms with E-state index in [9.17, 15) is 0 Å². The van der Waals surface area contributed by atoms with E-state index in [1.165, 1.54) is 43.2 Å². The molecule has 1 heteroatoms. The van der Waals surface area contributed by atoms with Gasteiger partial charge in [0, 0.05) is 6.04 Å². The highest BCUT2D eigenvalue weighted by Gasteiger charge is 2.15. The second kappa shape index (κ2) is 7.49. The zero-order chi connectivity index (χ0) is 13.5. The average molecular weight is 257 g/mol. The second-order valence-corrected chi connectivity index (χ2v) is 5.89. The monoisotopic (exact) mass is 257 g/mol. The SMILES string of the molecule is CCCCc1ccc(/C=C/C2CC(C)CCN2)cc1. The largest absolute Gasteiger partial charge is 0.310 e. The van der Waals surface area contributed by atoms with Crippen LogP contribution in [0.1, 0.15) is 50.7 Å². The molecule has 1 saturated heterocycles. The maximum Gasteiger partial charge on any atom is 0.0255 e. The van der Waals surface area contributed by atoms with Crippen LogP contribution in [0.5, 0.6) is 0 Å². The molecule has 1 heterocycles. The van der Waals surface area contributed by atoms with Crippen LogP contribution in [-0.4, -0.2) is 12.6 Å². The number of piperidine rings is 1. The molecule has 0 bridgehead atoms. The van der Waals surface area contributed by atoms with Gasteiger partial charge >= 0.3 is 0 Å². The Morgan fingerprint density at radius 3 is 2.74 bits per heavy atom. The van der Waals surface area contributed by atoms with Crippen molar-refractivity contribution in [1.82, 2.24) is 5.32 Å². The molecule has 1 nitrogen and oxygen atoms in total. The van der Waals surface area contributed by atoms with Crippen molar-refractivity contribution >= 4 is 6.08 Å². The van der Waals surface area contributed by atoms with Crippen molar-refractivity contribution in [3.05, 3.63) is 41.5 Å². The Morgan fingerprint density at radius 1 is 1.26 bits per heavy atom. The molecule has 1 N–H and O–H groups in total. The topological polar surface area (TPSA) is 12.0 Å². The first-order valence-corrected chi connectivity index (χ1v) is 7.78. The molecule has 1 aromatic carbocycles. The number of unbranched alkanes of at least 4 members (excludes halogenated alkanes) is 1. The third-order valence-corrected chi connectivity index (χ3v) is 4.02. The van der Waals surface area contributed by atoms with Gasteiger partial charge < -0.3 is 5.32 Å². The van der Waals surface area contributed by atoms with E-state index in [4.69, 9.17) is 0 Å². The van der Waals surface area contributed by atoms with Crippen LogP contribution in [0.3, 0.4) is 0 Å². The number of benzene rings is 1. The third-order valence-electron chi connectivity index (χ3n) is 4.02. The maximum atomic E-state index is 3.57. The molecule has 1 aliphatic rings. The summed E-state index contributed by atoms with van der Waals surface area (Å²) in [6.45, 7) is 5.76.